The van der Waals surface area contributed by atoms with Gasteiger partial charge in [0.25, 0.3) is 0 Å². The molecule has 0 bridgehead atoms. The van der Waals surface area contributed by atoms with Crippen molar-refractivity contribution in [3.8, 4) is 0 Å². The number of amides is 1. The first-order valence-electron chi connectivity index (χ1n) is 5.78. The smallest absolute Gasteiger partial charge is 0.243 e. The van der Waals surface area contributed by atoms with Crippen molar-refractivity contribution in [1.29, 1.82) is 0 Å². The summed E-state index contributed by atoms with van der Waals surface area (Å²) in [5, 5.41) is 1.15. The van der Waals surface area contributed by atoms with Crippen molar-refractivity contribution in [3.05, 3.63) is 66.2 Å². The summed E-state index contributed by atoms with van der Waals surface area (Å²) in [4.78, 5) is 15.1. The van der Waals surface area contributed by atoms with Crippen LogP contribution in [0.5, 0.6) is 0 Å². The summed E-state index contributed by atoms with van der Waals surface area (Å²) in [6.07, 6.45) is 0. The second kappa shape index (κ2) is 6.38. The lowest BCUT2D eigenvalue weighted by molar-refractivity contribution is 0.0979. The molecule has 0 saturated heterocycles. The average Bonchev–Trinajstić information content (AvgIpc) is 2.46. The lowest BCUT2D eigenvalue weighted by Crippen LogP contribution is -2.49. The Hall–Kier alpha value is -1.58. The summed E-state index contributed by atoms with van der Waals surface area (Å²) < 4.78 is 0. The predicted molar refractivity (Wildman–Crippen MR) is 77.9 cm³/mol. The molecule has 2 nitrogen and oxygen atoms in total. The van der Waals surface area contributed by atoms with Gasteiger partial charge in [-0.15, -0.1) is 11.6 Å². The summed E-state index contributed by atoms with van der Waals surface area (Å²) in [5.74, 6) is -0.0447. The quantitative estimate of drug-likeness (QED) is 0.669. The van der Waals surface area contributed by atoms with Crippen molar-refractivity contribution >= 4 is 31.7 Å². The first kappa shape index (κ1) is 12.9. The van der Waals surface area contributed by atoms with E-state index >= 15 is 0 Å². The van der Waals surface area contributed by atoms with Crippen LogP contribution in [0.2, 0.25) is 0 Å². The molecule has 0 aliphatic carbocycles. The Kier molecular flexibility index (Phi) is 4.56. The molecule has 2 aromatic rings. The van der Waals surface area contributed by atoms with Crippen LogP contribution in [0.15, 0.2) is 60.7 Å². The maximum atomic E-state index is 12.1. The maximum Gasteiger partial charge on any atom is 0.243 e. The van der Waals surface area contributed by atoms with E-state index in [1.807, 2.05) is 48.5 Å². The Bertz CT molecular complexity index is 504. The van der Waals surface area contributed by atoms with Gasteiger partial charge in [-0.25, -0.2) is 0 Å². The van der Waals surface area contributed by atoms with Crippen molar-refractivity contribution in [2.75, 3.05) is 5.50 Å². The van der Waals surface area contributed by atoms with Crippen molar-refractivity contribution in [1.82, 2.24) is 4.98 Å². The minimum atomic E-state index is -1.63. The van der Waals surface area contributed by atoms with Crippen LogP contribution in [0.25, 0.3) is 0 Å². The van der Waals surface area contributed by atoms with E-state index in [1.165, 1.54) is 0 Å². The van der Waals surface area contributed by atoms with Crippen LogP contribution < -0.4 is 10.2 Å². The molecule has 1 N–H and O–H groups in total. The van der Waals surface area contributed by atoms with Gasteiger partial charge < -0.3 is 4.98 Å². The fourth-order valence-electron chi connectivity index (χ4n) is 1.73. The third kappa shape index (κ3) is 3.21. The SMILES string of the molecule is O=C(N[SiH](CCl)c1ccccc1)c1ccccc1. The normalized spacial score (nSPS) is 11.8. The molecule has 0 aliphatic heterocycles. The second-order valence-electron chi connectivity index (χ2n) is 3.96. The Balaban J connectivity index is 2.10. The van der Waals surface area contributed by atoms with Gasteiger partial charge in [-0.1, -0.05) is 48.5 Å². The molecule has 1 unspecified atom stereocenters. The number of benzene rings is 2. The van der Waals surface area contributed by atoms with E-state index in [2.05, 4.69) is 4.98 Å². The zero-order valence-corrected chi connectivity index (χ0v) is 11.8. The summed E-state index contributed by atoms with van der Waals surface area (Å²) in [6, 6.07) is 19.2. The molecule has 2 rings (SSSR count). The molecule has 0 aromatic heterocycles. The molecule has 0 saturated carbocycles. The van der Waals surface area contributed by atoms with E-state index in [4.69, 9.17) is 11.6 Å². The third-order valence-corrected chi connectivity index (χ3v) is 5.73. The van der Waals surface area contributed by atoms with Crippen LogP contribution in [0.4, 0.5) is 0 Å². The van der Waals surface area contributed by atoms with Crippen LogP contribution in [-0.4, -0.2) is 20.4 Å². The van der Waals surface area contributed by atoms with Gasteiger partial charge in [0.1, 0.15) is 0 Å². The minimum Gasteiger partial charge on any atom is -0.375 e. The highest BCUT2D eigenvalue weighted by molar-refractivity contribution is 6.78. The number of hydrogen-bond donors (Lipinski definition) is 1. The Morgan fingerprint density at radius 1 is 1.00 bits per heavy atom. The van der Waals surface area contributed by atoms with E-state index < -0.39 is 8.96 Å². The Morgan fingerprint density at radius 2 is 1.56 bits per heavy atom. The Morgan fingerprint density at radius 3 is 2.11 bits per heavy atom. The highest BCUT2D eigenvalue weighted by Gasteiger charge is 2.16. The van der Waals surface area contributed by atoms with E-state index in [9.17, 15) is 4.79 Å². The lowest BCUT2D eigenvalue weighted by atomic mass is 10.2. The van der Waals surface area contributed by atoms with Gasteiger partial charge >= 0.3 is 0 Å². The van der Waals surface area contributed by atoms with Crippen molar-refractivity contribution < 1.29 is 4.79 Å². The largest absolute Gasteiger partial charge is 0.375 e. The van der Waals surface area contributed by atoms with Crippen LogP contribution in [0.3, 0.4) is 0 Å². The molecule has 0 spiro atoms. The molecular formula is C14H14ClNOSi. The highest BCUT2D eigenvalue weighted by Crippen LogP contribution is 1.99. The van der Waals surface area contributed by atoms with Crippen molar-refractivity contribution in [2.45, 2.75) is 0 Å². The topological polar surface area (TPSA) is 29.1 Å². The molecule has 2 aromatic carbocycles. The van der Waals surface area contributed by atoms with Gasteiger partial charge in [-0.05, 0) is 17.3 Å². The number of carbonyl (C=O) groups is 1. The molecule has 18 heavy (non-hydrogen) atoms. The Labute approximate surface area is 113 Å². The first-order chi connectivity index (χ1) is 8.81. The van der Waals surface area contributed by atoms with E-state index in [-0.39, 0.29) is 5.91 Å². The molecule has 92 valence electrons. The van der Waals surface area contributed by atoms with Crippen LogP contribution in [-0.2, 0) is 0 Å². The van der Waals surface area contributed by atoms with Gasteiger partial charge in [-0.3, -0.25) is 4.79 Å². The summed E-state index contributed by atoms with van der Waals surface area (Å²) in [7, 11) is -1.63. The molecule has 0 aliphatic rings. The lowest BCUT2D eigenvalue weighted by Gasteiger charge is -2.14. The van der Waals surface area contributed by atoms with Crippen molar-refractivity contribution in [2.24, 2.45) is 0 Å². The maximum absolute atomic E-state index is 12.1. The summed E-state index contributed by atoms with van der Waals surface area (Å²) >= 11 is 5.98. The predicted octanol–water partition coefficient (Wildman–Crippen LogP) is 1.83. The number of carbonyl (C=O) groups excluding carboxylic acids is 1. The monoisotopic (exact) mass is 275 g/mol. The molecule has 0 fully saturated rings. The van der Waals surface area contributed by atoms with Gasteiger partial charge in [0.2, 0.25) is 5.91 Å². The summed E-state index contributed by atoms with van der Waals surface area (Å²) in [6.45, 7) is 0. The van der Waals surface area contributed by atoms with E-state index in [1.54, 1.807) is 12.1 Å². The number of nitrogens with one attached hydrogen (secondary N) is 1. The number of hydrogen-bond acceptors (Lipinski definition) is 1. The molecule has 0 heterocycles. The molecule has 4 heteroatoms. The van der Waals surface area contributed by atoms with Crippen molar-refractivity contribution in [3.63, 3.8) is 0 Å². The molecule has 1 amide bonds. The number of alkyl halides is 1. The highest BCUT2D eigenvalue weighted by atomic mass is 35.5. The zero-order chi connectivity index (χ0) is 12.8. The second-order valence-corrected chi connectivity index (χ2v) is 7.25. The summed E-state index contributed by atoms with van der Waals surface area (Å²) in [5.41, 5.74) is 1.17. The minimum absolute atomic E-state index is 0.0447. The number of rotatable bonds is 4. The molecule has 1 atom stereocenters. The molecule has 0 radical (unpaired) electrons. The fraction of sp³-hybridized carbons (Fsp3) is 0.0714. The zero-order valence-electron chi connectivity index (χ0n) is 9.84. The third-order valence-electron chi connectivity index (χ3n) is 2.70. The fourth-order valence-corrected chi connectivity index (χ4v) is 4.09. The van der Waals surface area contributed by atoms with Gasteiger partial charge in [0.05, 0.1) is 0 Å². The average molecular weight is 276 g/mol. The van der Waals surface area contributed by atoms with Crippen LogP contribution in [0.1, 0.15) is 10.4 Å². The molecular weight excluding hydrogens is 262 g/mol. The van der Waals surface area contributed by atoms with Gasteiger partial charge in [-0.2, -0.15) is 0 Å². The van der Waals surface area contributed by atoms with Crippen LogP contribution >= 0.6 is 11.6 Å². The number of halogens is 1. The van der Waals surface area contributed by atoms with E-state index in [0.717, 1.165) is 5.19 Å². The van der Waals surface area contributed by atoms with Gasteiger partial charge in [0.15, 0.2) is 8.96 Å². The van der Waals surface area contributed by atoms with Crippen LogP contribution in [0, 0.1) is 0 Å². The van der Waals surface area contributed by atoms with Gasteiger partial charge in [0, 0.05) is 11.1 Å². The standard InChI is InChI=1S/C14H14ClNOSi/c15-11-18(13-9-5-2-6-10-13)16-14(17)12-7-3-1-4-8-12/h1-10,18H,11H2,(H,16,17). The first-order valence-corrected chi connectivity index (χ1v) is 8.28. The van der Waals surface area contributed by atoms with E-state index in [0.29, 0.717) is 11.1 Å².